The van der Waals surface area contributed by atoms with Gasteiger partial charge in [0, 0.05) is 6.42 Å². The van der Waals surface area contributed by atoms with E-state index in [1.807, 2.05) is 30.3 Å². The molecule has 1 unspecified atom stereocenters. The van der Waals surface area contributed by atoms with E-state index in [0.717, 1.165) is 11.1 Å². The Morgan fingerprint density at radius 2 is 1.78 bits per heavy atom. The van der Waals surface area contributed by atoms with E-state index < -0.39 is 6.10 Å². The third kappa shape index (κ3) is 3.56. The third-order valence-corrected chi connectivity index (χ3v) is 3.76. The maximum atomic E-state index is 13.0. The number of amidine groups is 1. The summed E-state index contributed by atoms with van der Waals surface area (Å²) >= 11 is 0. The standard InChI is InChI=1S/C18H17FN2O2/c1-13-20-23-17(11-14-5-3-2-4-6-14)18(22)21(13)12-15-7-9-16(19)10-8-15/h2-10,17H,11-12H2,1H3. The zero-order chi connectivity index (χ0) is 16.2. The number of hydrogen-bond donors (Lipinski definition) is 0. The van der Waals surface area contributed by atoms with Crippen molar-refractivity contribution >= 4 is 11.7 Å². The summed E-state index contributed by atoms with van der Waals surface area (Å²) in [5.41, 5.74) is 1.86. The second-order valence-electron chi connectivity index (χ2n) is 5.47. The molecule has 1 aliphatic rings. The summed E-state index contributed by atoms with van der Waals surface area (Å²) in [7, 11) is 0. The lowest BCUT2D eigenvalue weighted by Gasteiger charge is -2.30. The van der Waals surface area contributed by atoms with Gasteiger partial charge in [0.1, 0.15) is 11.7 Å². The van der Waals surface area contributed by atoms with E-state index in [9.17, 15) is 9.18 Å². The van der Waals surface area contributed by atoms with Crippen molar-refractivity contribution in [3.05, 3.63) is 71.5 Å². The fourth-order valence-corrected chi connectivity index (χ4v) is 2.49. The van der Waals surface area contributed by atoms with E-state index in [0.29, 0.717) is 18.8 Å². The van der Waals surface area contributed by atoms with E-state index in [2.05, 4.69) is 5.16 Å². The summed E-state index contributed by atoms with van der Waals surface area (Å²) < 4.78 is 13.0. The van der Waals surface area contributed by atoms with Crippen molar-refractivity contribution in [3.63, 3.8) is 0 Å². The van der Waals surface area contributed by atoms with E-state index in [1.54, 1.807) is 24.0 Å². The molecule has 118 valence electrons. The molecule has 0 fully saturated rings. The van der Waals surface area contributed by atoms with E-state index >= 15 is 0 Å². The topological polar surface area (TPSA) is 41.9 Å². The van der Waals surface area contributed by atoms with Crippen LogP contribution in [0.25, 0.3) is 0 Å². The average Bonchev–Trinajstić information content (AvgIpc) is 2.57. The number of oxime groups is 1. The van der Waals surface area contributed by atoms with Crippen LogP contribution in [0, 0.1) is 5.82 Å². The van der Waals surface area contributed by atoms with E-state index in [4.69, 9.17) is 4.84 Å². The van der Waals surface area contributed by atoms with Gasteiger partial charge in [0.05, 0.1) is 6.54 Å². The highest BCUT2D eigenvalue weighted by molar-refractivity contribution is 6.00. The van der Waals surface area contributed by atoms with Crippen molar-refractivity contribution in [1.29, 1.82) is 0 Å². The highest BCUT2D eigenvalue weighted by atomic mass is 19.1. The number of amides is 1. The van der Waals surface area contributed by atoms with Crippen LogP contribution in [0.5, 0.6) is 0 Å². The van der Waals surface area contributed by atoms with Crippen molar-refractivity contribution in [2.45, 2.75) is 26.0 Å². The molecule has 4 nitrogen and oxygen atoms in total. The summed E-state index contributed by atoms with van der Waals surface area (Å²) in [6, 6.07) is 15.8. The second-order valence-corrected chi connectivity index (χ2v) is 5.47. The molecule has 0 N–H and O–H groups in total. The molecule has 0 saturated carbocycles. The van der Waals surface area contributed by atoms with Crippen LogP contribution >= 0.6 is 0 Å². The smallest absolute Gasteiger partial charge is 0.272 e. The first kappa shape index (κ1) is 15.2. The van der Waals surface area contributed by atoms with Gasteiger partial charge in [-0.1, -0.05) is 47.6 Å². The predicted octanol–water partition coefficient (Wildman–Crippen LogP) is 3.13. The van der Waals surface area contributed by atoms with Crippen LogP contribution < -0.4 is 0 Å². The minimum Gasteiger partial charge on any atom is -0.381 e. The summed E-state index contributed by atoms with van der Waals surface area (Å²) in [6.45, 7) is 2.07. The maximum Gasteiger partial charge on any atom is 0.272 e. The average molecular weight is 312 g/mol. The molecule has 0 saturated heterocycles. The normalized spacial score (nSPS) is 17.7. The summed E-state index contributed by atoms with van der Waals surface area (Å²) in [5, 5.41) is 4.00. The molecule has 2 aromatic rings. The molecule has 0 bridgehead atoms. The second kappa shape index (κ2) is 6.60. The summed E-state index contributed by atoms with van der Waals surface area (Å²) in [6.07, 6.45) is -0.169. The fraction of sp³-hybridized carbons (Fsp3) is 0.222. The number of halogens is 1. The van der Waals surface area contributed by atoms with Crippen LogP contribution in [0.1, 0.15) is 18.1 Å². The monoisotopic (exact) mass is 312 g/mol. The first-order chi connectivity index (χ1) is 11.1. The molecule has 5 heteroatoms. The van der Waals surface area contributed by atoms with Crippen LogP contribution in [0.15, 0.2) is 59.8 Å². The highest BCUT2D eigenvalue weighted by Gasteiger charge is 2.32. The molecule has 1 atom stereocenters. The van der Waals surface area contributed by atoms with Gasteiger partial charge in [0.25, 0.3) is 5.91 Å². The van der Waals surface area contributed by atoms with Gasteiger partial charge < -0.3 is 4.84 Å². The number of hydrogen-bond acceptors (Lipinski definition) is 3. The Hall–Kier alpha value is -2.69. The van der Waals surface area contributed by atoms with Crippen molar-refractivity contribution < 1.29 is 14.0 Å². The number of rotatable bonds is 4. The van der Waals surface area contributed by atoms with Gasteiger partial charge in [-0.15, -0.1) is 0 Å². The van der Waals surface area contributed by atoms with Crippen LogP contribution in [0.2, 0.25) is 0 Å². The van der Waals surface area contributed by atoms with Crippen molar-refractivity contribution in [2.24, 2.45) is 5.16 Å². The van der Waals surface area contributed by atoms with Crippen LogP contribution in [0.3, 0.4) is 0 Å². The molecule has 1 heterocycles. The van der Waals surface area contributed by atoms with Gasteiger partial charge in [-0.05, 0) is 30.2 Å². The van der Waals surface area contributed by atoms with Gasteiger partial charge in [0.2, 0.25) is 6.10 Å². The molecule has 2 aromatic carbocycles. The minimum absolute atomic E-state index is 0.134. The molecule has 1 amide bonds. The van der Waals surface area contributed by atoms with Crippen LogP contribution in [-0.4, -0.2) is 22.7 Å². The van der Waals surface area contributed by atoms with E-state index in [-0.39, 0.29) is 11.7 Å². The first-order valence-corrected chi connectivity index (χ1v) is 7.43. The van der Waals surface area contributed by atoms with Gasteiger partial charge in [-0.25, -0.2) is 4.39 Å². The third-order valence-electron chi connectivity index (χ3n) is 3.76. The van der Waals surface area contributed by atoms with Gasteiger partial charge in [-0.2, -0.15) is 0 Å². The maximum absolute atomic E-state index is 13.0. The zero-order valence-electron chi connectivity index (χ0n) is 12.8. The van der Waals surface area contributed by atoms with Crippen molar-refractivity contribution in [2.75, 3.05) is 0 Å². The Labute approximate surface area is 134 Å². The zero-order valence-corrected chi connectivity index (χ0v) is 12.8. The minimum atomic E-state index is -0.637. The lowest BCUT2D eigenvalue weighted by atomic mass is 10.1. The largest absolute Gasteiger partial charge is 0.381 e. The Kier molecular flexibility index (Phi) is 4.37. The number of carbonyl (C=O) groups is 1. The predicted molar refractivity (Wildman–Crippen MR) is 85.1 cm³/mol. The van der Waals surface area contributed by atoms with Gasteiger partial charge >= 0.3 is 0 Å². The Morgan fingerprint density at radius 1 is 1.09 bits per heavy atom. The van der Waals surface area contributed by atoms with Crippen molar-refractivity contribution in [1.82, 2.24) is 4.90 Å². The highest BCUT2D eigenvalue weighted by Crippen LogP contribution is 2.17. The molecule has 3 rings (SSSR count). The Bertz CT molecular complexity index is 714. The molecule has 0 radical (unpaired) electrons. The van der Waals surface area contributed by atoms with Gasteiger partial charge in [0.15, 0.2) is 0 Å². The Morgan fingerprint density at radius 3 is 2.48 bits per heavy atom. The van der Waals surface area contributed by atoms with Crippen LogP contribution in [-0.2, 0) is 22.6 Å². The number of carbonyl (C=O) groups excluding carboxylic acids is 1. The molecule has 0 aromatic heterocycles. The number of benzene rings is 2. The Balaban J connectivity index is 1.74. The molecular formula is C18H17FN2O2. The molecule has 23 heavy (non-hydrogen) atoms. The lowest BCUT2D eigenvalue weighted by Crippen LogP contribution is -2.46. The summed E-state index contributed by atoms with van der Waals surface area (Å²) in [4.78, 5) is 19.6. The number of nitrogens with zero attached hydrogens (tertiary/aromatic N) is 2. The molecule has 0 spiro atoms. The van der Waals surface area contributed by atoms with Crippen molar-refractivity contribution in [3.8, 4) is 0 Å². The quantitative estimate of drug-likeness (QED) is 0.870. The lowest BCUT2D eigenvalue weighted by molar-refractivity contribution is -0.143. The molecular weight excluding hydrogens is 295 g/mol. The SMILES string of the molecule is CC1=NOC(Cc2ccccc2)C(=O)N1Cc1ccc(F)cc1. The van der Waals surface area contributed by atoms with Gasteiger partial charge in [-0.3, -0.25) is 9.69 Å². The summed E-state index contributed by atoms with van der Waals surface area (Å²) in [5.74, 6) is 0.0729. The first-order valence-electron chi connectivity index (χ1n) is 7.43. The van der Waals surface area contributed by atoms with Crippen LogP contribution in [0.4, 0.5) is 4.39 Å². The fourth-order valence-electron chi connectivity index (χ4n) is 2.49. The molecule has 0 aliphatic carbocycles. The molecule has 1 aliphatic heterocycles. The van der Waals surface area contributed by atoms with E-state index in [1.165, 1.54) is 12.1 Å².